The number of piperidine rings is 1. The van der Waals surface area contributed by atoms with Crippen LogP contribution in [-0.2, 0) is 4.79 Å². The van der Waals surface area contributed by atoms with E-state index in [1.165, 1.54) is 6.08 Å². The lowest BCUT2D eigenvalue weighted by Gasteiger charge is -2.42. The summed E-state index contributed by atoms with van der Waals surface area (Å²) in [5.74, 6) is -1.92. The maximum Gasteiger partial charge on any atom is 0.418 e. The molecule has 1 aliphatic carbocycles. The van der Waals surface area contributed by atoms with E-state index in [1.807, 2.05) is 0 Å². The van der Waals surface area contributed by atoms with E-state index >= 15 is 0 Å². The van der Waals surface area contributed by atoms with Gasteiger partial charge in [0.2, 0.25) is 5.91 Å². The van der Waals surface area contributed by atoms with Gasteiger partial charge in [-0.25, -0.2) is 0 Å². The first kappa shape index (κ1) is 11.2. The molecule has 6 heteroatoms. The van der Waals surface area contributed by atoms with Crippen LogP contribution in [0, 0.1) is 5.92 Å². The van der Waals surface area contributed by atoms with Gasteiger partial charge in [0.05, 0.1) is 6.42 Å². The Morgan fingerprint density at radius 2 is 2.19 bits per heavy atom. The van der Waals surface area contributed by atoms with Crippen LogP contribution in [0.2, 0.25) is 0 Å². The van der Waals surface area contributed by atoms with Crippen LogP contribution in [0.25, 0.3) is 0 Å². The molecule has 0 aromatic heterocycles. The molecule has 0 spiro atoms. The number of alkyl halides is 3. The van der Waals surface area contributed by atoms with Crippen LogP contribution in [0.1, 0.15) is 12.8 Å². The average Bonchev–Trinajstić information content (AvgIpc) is 2.15. The molecular formula is C10H10F3NO2. The van der Waals surface area contributed by atoms with Crippen molar-refractivity contribution in [3.63, 3.8) is 0 Å². The molecule has 1 amide bonds. The molecule has 1 saturated heterocycles. The normalized spacial score (nSPS) is 34.1. The molecule has 0 aromatic rings. The van der Waals surface area contributed by atoms with E-state index in [-0.39, 0.29) is 12.1 Å². The van der Waals surface area contributed by atoms with Crippen molar-refractivity contribution in [3.8, 4) is 0 Å². The number of halogens is 3. The zero-order valence-corrected chi connectivity index (χ0v) is 8.21. The number of carbonyl (C=O) groups excluding carboxylic acids is 1. The zero-order valence-electron chi connectivity index (χ0n) is 8.21. The van der Waals surface area contributed by atoms with Gasteiger partial charge in [-0.1, -0.05) is 12.2 Å². The largest absolute Gasteiger partial charge is 0.418 e. The van der Waals surface area contributed by atoms with Crippen LogP contribution >= 0.6 is 0 Å². The number of hydrogen-bond donors (Lipinski definition) is 2. The maximum absolute atomic E-state index is 12.8. The minimum Gasteiger partial charge on any atom is -0.379 e. The van der Waals surface area contributed by atoms with Gasteiger partial charge < -0.3 is 10.4 Å². The fourth-order valence-electron chi connectivity index (χ4n) is 2.08. The van der Waals surface area contributed by atoms with E-state index < -0.39 is 30.0 Å². The first-order valence-corrected chi connectivity index (χ1v) is 4.80. The Balaban J connectivity index is 2.42. The quantitative estimate of drug-likeness (QED) is 0.661. The van der Waals surface area contributed by atoms with Crippen LogP contribution in [0.5, 0.6) is 0 Å². The van der Waals surface area contributed by atoms with Crippen LogP contribution in [0.15, 0.2) is 23.9 Å². The van der Waals surface area contributed by atoms with Gasteiger partial charge in [0, 0.05) is 11.6 Å². The molecular weight excluding hydrogens is 223 g/mol. The highest BCUT2D eigenvalue weighted by Gasteiger charge is 2.62. The predicted molar refractivity (Wildman–Crippen MR) is 49.1 cm³/mol. The summed E-state index contributed by atoms with van der Waals surface area (Å²) in [5, 5.41) is 12.1. The molecule has 16 heavy (non-hydrogen) atoms. The molecule has 2 N–H and O–H groups in total. The molecule has 0 bridgehead atoms. The third kappa shape index (κ3) is 1.53. The van der Waals surface area contributed by atoms with Crippen molar-refractivity contribution in [1.29, 1.82) is 0 Å². The van der Waals surface area contributed by atoms with E-state index in [2.05, 4.69) is 5.32 Å². The Kier molecular flexibility index (Phi) is 2.34. The van der Waals surface area contributed by atoms with Crippen LogP contribution in [-0.4, -0.2) is 22.8 Å². The molecule has 2 unspecified atom stereocenters. The second-order valence-corrected chi connectivity index (χ2v) is 3.99. The lowest BCUT2D eigenvalue weighted by molar-refractivity contribution is -0.278. The van der Waals surface area contributed by atoms with E-state index in [9.17, 15) is 23.1 Å². The molecule has 88 valence electrons. The van der Waals surface area contributed by atoms with Crippen molar-refractivity contribution in [2.24, 2.45) is 5.92 Å². The Morgan fingerprint density at radius 1 is 1.50 bits per heavy atom. The molecule has 0 radical (unpaired) electrons. The van der Waals surface area contributed by atoms with E-state index in [1.54, 1.807) is 12.2 Å². The second kappa shape index (κ2) is 3.35. The van der Waals surface area contributed by atoms with Crippen molar-refractivity contribution in [2.75, 3.05) is 0 Å². The maximum atomic E-state index is 12.8. The molecule has 2 atom stereocenters. The van der Waals surface area contributed by atoms with Gasteiger partial charge >= 0.3 is 6.18 Å². The van der Waals surface area contributed by atoms with Gasteiger partial charge in [0.1, 0.15) is 0 Å². The molecule has 1 fully saturated rings. The summed E-state index contributed by atoms with van der Waals surface area (Å²) in [6, 6.07) is 0. The fourth-order valence-corrected chi connectivity index (χ4v) is 2.08. The highest BCUT2D eigenvalue weighted by molar-refractivity contribution is 5.81. The number of aliphatic hydroxyl groups is 1. The molecule has 3 nitrogen and oxygen atoms in total. The number of amides is 1. The summed E-state index contributed by atoms with van der Waals surface area (Å²) in [6.07, 6.45) is -1.17. The number of fused-ring (bicyclic) bond motifs is 1. The van der Waals surface area contributed by atoms with Gasteiger partial charge in [-0.2, -0.15) is 13.2 Å². The number of carbonyl (C=O) groups is 1. The lowest BCUT2D eigenvalue weighted by Crippen LogP contribution is -2.59. The van der Waals surface area contributed by atoms with Crippen molar-refractivity contribution in [1.82, 2.24) is 5.32 Å². The summed E-state index contributed by atoms with van der Waals surface area (Å²) in [4.78, 5) is 11.1. The van der Waals surface area contributed by atoms with Gasteiger partial charge in [0.25, 0.3) is 0 Å². The Labute approximate surface area is 89.6 Å². The van der Waals surface area contributed by atoms with Crippen LogP contribution in [0.4, 0.5) is 13.2 Å². The van der Waals surface area contributed by atoms with Gasteiger partial charge in [0.15, 0.2) is 5.60 Å². The summed E-state index contributed by atoms with van der Waals surface area (Å²) < 4.78 is 38.4. The number of hydrogen-bond acceptors (Lipinski definition) is 2. The topological polar surface area (TPSA) is 49.3 Å². The Bertz CT molecular complexity index is 386. The first-order valence-electron chi connectivity index (χ1n) is 4.80. The Hall–Kier alpha value is -1.30. The lowest BCUT2D eigenvalue weighted by atomic mass is 9.75. The molecule has 1 heterocycles. The monoisotopic (exact) mass is 233 g/mol. The SMILES string of the molecule is O=C1CC(O)(C(F)(F)F)C2CC=CC=C2N1. The molecule has 0 aromatic carbocycles. The summed E-state index contributed by atoms with van der Waals surface area (Å²) in [6.45, 7) is 0. The van der Waals surface area contributed by atoms with Crippen LogP contribution < -0.4 is 5.32 Å². The van der Waals surface area contributed by atoms with Crippen molar-refractivity contribution in [3.05, 3.63) is 23.9 Å². The predicted octanol–water partition coefficient (Wildman–Crippen LogP) is 1.26. The first-order chi connectivity index (χ1) is 7.34. The van der Waals surface area contributed by atoms with Gasteiger partial charge in [-0.3, -0.25) is 4.79 Å². The highest BCUT2D eigenvalue weighted by Crippen LogP contribution is 2.45. The molecule has 2 rings (SSSR count). The minimum atomic E-state index is -4.81. The highest BCUT2D eigenvalue weighted by atomic mass is 19.4. The average molecular weight is 233 g/mol. The number of rotatable bonds is 0. The van der Waals surface area contributed by atoms with Gasteiger partial charge in [-0.05, 0) is 12.5 Å². The summed E-state index contributed by atoms with van der Waals surface area (Å²) in [7, 11) is 0. The zero-order chi connectivity index (χ0) is 12.0. The third-order valence-electron chi connectivity index (χ3n) is 2.94. The smallest absolute Gasteiger partial charge is 0.379 e. The molecule has 0 saturated carbocycles. The Morgan fingerprint density at radius 3 is 2.81 bits per heavy atom. The molecule has 1 aliphatic heterocycles. The standard InChI is InChI=1S/C10H10F3NO2/c11-10(12,13)9(16)5-8(15)14-7-4-2-1-3-6(7)9/h1-2,4,6,16H,3,5H2,(H,14,15). The van der Waals surface area contributed by atoms with Crippen molar-refractivity contribution in [2.45, 2.75) is 24.6 Å². The summed E-state index contributed by atoms with van der Waals surface area (Å²) in [5.41, 5.74) is -2.81. The van der Waals surface area contributed by atoms with E-state index in [4.69, 9.17) is 0 Å². The fraction of sp³-hybridized carbons (Fsp3) is 0.500. The van der Waals surface area contributed by atoms with Crippen molar-refractivity contribution < 1.29 is 23.1 Å². The van der Waals surface area contributed by atoms with Gasteiger partial charge in [-0.15, -0.1) is 0 Å². The minimum absolute atomic E-state index is 0.0716. The third-order valence-corrected chi connectivity index (χ3v) is 2.94. The number of nitrogens with one attached hydrogen (secondary N) is 1. The van der Waals surface area contributed by atoms with Crippen LogP contribution in [0.3, 0.4) is 0 Å². The van der Waals surface area contributed by atoms with E-state index in [0.29, 0.717) is 0 Å². The van der Waals surface area contributed by atoms with Crippen molar-refractivity contribution >= 4 is 5.91 Å². The van der Waals surface area contributed by atoms with E-state index in [0.717, 1.165) is 0 Å². The second-order valence-electron chi connectivity index (χ2n) is 3.99. The molecule has 2 aliphatic rings. The number of allylic oxidation sites excluding steroid dienone is 3. The summed E-state index contributed by atoms with van der Waals surface area (Å²) >= 11 is 0.